The number of hydrogen-bond acceptors (Lipinski definition) is 4. The van der Waals surface area contributed by atoms with Crippen molar-refractivity contribution in [3.05, 3.63) is 0 Å². The third-order valence-electron chi connectivity index (χ3n) is 0.475. The first-order valence-electron chi connectivity index (χ1n) is 1.77. The lowest BCUT2D eigenvalue weighted by Gasteiger charge is -2.24. The molecule has 10 heavy (non-hydrogen) atoms. The van der Waals surface area contributed by atoms with Crippen LogP contribution in [-0.4, -0.2) is 21.1 Å². The summed E-state index contributed by atoms with van der Waals surface area (Å²) < 4.78 is 52.6. The van der Waals surface area contributed by atoms with E-state index in [9.17, 15) is 18.0 Å². The summed E-state index contributed by atoms with van der Waals surface area (Å²) in [4.78, 5) is 9.25. The molecule has 0 amide bonds. The molecule has 8 heteroatoms. The van der Waals surface area contributed by atoms with Gasteiger partial charge in [0.05, 0.1) is 0 Å². The first-order chi connectivity index (χ1) is 4.31. The highest BCUT2D eigenvalue weighted by molar-refractivity contribution is 8.21. The zero-order valence-electron chi connectivity index (χ0n) is 4.33. The zero-order chi connectivity index (χ0) is 8.41. The van der Waals surface area contributed by atoms with Crippen LogP contribution in [0.3, 0.4) is 0 Å². The summed E-state index contributed by atoms with van der Waals surface area (Å²) >= 11 is 0. The highest BCUT2D eigenvalue weighted by atomic mass is 32.3. The SMILES string of the molecule is O=COS(O)(O)C(F)(F)F. The van der Waals surface area contributed by atoms with Gasteiger partial charge < -0.3 is 4.18 Å². The first kappa shape index (κ1) is 9.53. The van der Waals surface area contributed by atoms with Crippen molar-refractivity contribution in [1.29, 1.82) is 0 Å². The monoisotopic (exact) mass is 180 g/mol. The Bertz CT molecular complexity index is 131. The Morgan fingerprint density at radius 1 is 1.40 bits per heavy atom. The molecule has 0 atom stereocenters. The van der Waals surface area contributed by atoms with E-state index >= 15 is 0 Å². The Balaban J connectivity index is 4.23. The summed E-state index contributed by atoms with van der Waals surface area (Å²) in [5, 5.41) is 0. The fourth-order valence-corrected chi connectivity index (χ4v) is 0.328. The fraction of sp³-hybridized carbons (Fsp3) is 0.500. The summed E-state index contributed by atoms with van der Waals surface area (Å²) in [6, 6.07) is 0. The van der Waals surface area contributed by atoms with Gasteiger partial charge in [0.2, 0.25) is 10.9 Å². The topological polar surface area (TPSA) is 66.8 Å². The molecule has 0 aliphatic heterocycles. The van der Waals surface area contributed by atoms with Crippen LogP contribution < -0.4 is 0 Å². The smallest absolute Gasteiger partial charge is 0.363 e. The molecule has 0 saturated heterocycles. The van der Waals surface area contributed by atoms with Gasteiger partial charge >= 0.3 is 12.0 Å². The van der Waals surface area contributed by atoms with Crippen molar-refractivity contribution in [3.63, 3.8) is 0 Å². The zero-order valence-corrected chi connectivity index (χ0v) is 5.15. The van der Waals surface area contributed by atoms with Crippen molar-refractivity contribution in [2.45, 2.75) is 5.51 Å². The molecule has 62 valence electrons. The number of rotatable bonds is 2. The highest BCUT2D eigenvalue weighted by Crippen LogP contribution is 2.55. The van der Waals surface area contributed by atoms with E-state index in [-0.39, 0.29) is 0 Å². The van der Waals surface area contributed by atoms with E-state index in [4.69, 9.17) is 9.11 Å². The Morgan fingerprint density at radius 3 is 1.90 bits per heavy atom. The summed E-state index contributed by atoms with van der Waals surface area (Å²) in [6.07, 6.45) is 0. The van der Waals surface area contributed by atoms with E-state index in [2.05, 4.69) is 4.18 Å². The van der Waals surface area contributed by atoms with Gasteiger partial charge in [-0.15, -0.1) is 0 Å². The summed E-state index contributed by atoms with van der Waals surface area (Å²) in [5.74, 6) is 0. The van der Waals surface area contributed by atoms with E-state index in [0.29, 0.717) is 0 Å². The number of hydrogen-bond donors (Lipinski definition) is 2. The molecule has 0 fully saturated rings. The van der Waals surface area contributed by atoms with Crippen LogP contribution in [0, 0.1) is 0 Å². The highest BCUT2D eigenvalue weighted by Gasteiger charge is 2.51. The molecular formula is C2H3F3O4S. The van der Waals surface area contributed by atoms with Gasteiger partial charge in [-0.1, -0.05) is 0 Å². The van der Waals surface area contributed by atoms with Gasteiger partial charge in [-0.05, 0) is 0 Å². The Kier molecular flexibility index (Phi) is 2.52. The lowest BCUT2D eigenvalue weighted by molar-refractivity contribution is -0.124. The Labute approximate surface area is 55.2 Å². The molecule has 0 aliphatic rings. The molecule has 0 aromatic heterocycles. The molecular weight excluding hydrogens is 177 g/mol. The molecule has 0 heterocycles. The molecule has 2 N–H and O–H groups in total. The third kappa shape index (κ3) is 2.05. The van der Waals surface area contributed by atoms with Crippen LogP contribution in [0.2, 0.25) is 0 Å². The minimum Gasteiger partial charge on any atom is -0.363 e. The van der Waals surface area contributed by atoms with Gasteiger partial charge in [0, 0.05) is 0 Å². The van der Waals surface area contributed by atoms with E-state index in [1.54, 1.807) is 0 Å². The van der Waals surface area contributed by atoms with Gasteiger partial charge in [0.15, 0.2) is 0 Å². The Morgan fingerprint density at radius 2 is 1.80 bits per heavy atom. The maximum atomic E-state index is 11.3. The quantitative estimate of drug-likeness (QED) is 0.629. The number of halogens is 3. The van der Waals surface area contributed by atoms with Gasteiger partial charge in [0.25, 0.3) is 0 Å². The van der Waals surface area contributed by atoms with Crippen LogP contribution in [0.15, 0.2) is 0 Å². The second-order valence-electron chi connectivity index (χ2n) is 1.13. The van der Waals surface area contributed by atoms with Gasteiger partial charge in [-0.2, -0.15) is 13.2 Å². The molecule has 0 aliphatic carbocycles. The van der Waals surface area contributed by atoms with Crippen molar-refractivity contribution in [1.82, 2.24) is 0 Å². The first-order valence-corrected chi connectivity index (χ1v) is 3.25. The summed E-state index contributed by atoms with van der Waals surface area (Å²) in [7, 11) is -5.22. The average molecular weight is 180 g/mol. The van der Waals surface area contributed by atoms with Crippen LogP contribution >= 0.6 is 10.9 Å². The number of carbonyl (C=O) groups is 1. The van der Waals surface area contributed by atoms with Gasteiger partial charge in [0.1, 0.15) is 0 Å². The van der Waals surface area contributed by atoms with Crippen molar-refractivity contribution in [3.8, 4) is 0 Å². The molecule has 0 aromatic rings. The maximum absolute atomic E-state index is 11.3. The van der Waals surface area contributed by atoms with E-state index in [1.165, 1.54) is 0 Å². The van der Waals surface area contributed by atoms with E-state index in [1.807, 2.05) is 0 Å². The van der Waals surface area contributed by atoms with Gasteiger partial charge in [-0.25, -0.2) is 0 Å². The van der Waals surface area contributed by atoms with Crippen molar-refractivity contribution in [2.24, 2.45) is 0 Å². The molecule has 0 bridgehead atoms. The molecule has 0 saturated carbocycles. The normalized spacial score (nSPS) is 14.5. The third-order valence-corrected chi connectivity index (χ3v) is 1.42. The minimum absolute atomic E-state index is 0.678. The van der Waals surface area contributed by atoms with Crippen LogP contribution in [-0.2, 0) is 8.98 Å². The molecule has 0 spiro atoms. The standard InChI is InChI=1S/C2H3F3O4S/c3-2(4,5)10(7,8)9-1-6/h1,7-8H. The lowest BCUT2D eigenvalue weighted by atomic mass is 11.6. The van der Waals surface area contributed by atoms with Crippen molar-refractivity contribution < 1.29 is 31.3 Å². The van der Waals surface area contributed by atoms with Crippen molar-refractivity contribution >= 4 is 17.3 Å². The number of carbonyl (C=O) groups excluding carboxylic acids is 1. The summed E-state index contributed by atoms with van der Waals surface area (Å²) in [6.45, 7) is -0.678. The van der Waals surface area contributed by atoms with E-state index < -0.39 is 22.9 Å². The molecule has 0 rings (SSSR count). The minimum atomic E-state index is -5.31. The van der Waals surface area contributed by atoms with Gasteiger partial charge in [-0.3, -0.25) is 13.9 Å². The van der Waals surface area contributed by atoms with E-state index in [0.717, 1.165) is 0 Å². The molecule has 0 aromatic carbocycles. The van der Waals surface area contributed by atoms with Crippen LogP contribution in [0.5, 0.6) is 0 Å². The lowest BCUT2D eigenvalue weighted by Crippen LogP contribution is -2.21. The molecule has 0 radical (unpaired) electrons. The second kappa shape index (κ2) is 2.64. The fourth-order valence-electron chi connectivity index (χ4n) is 0.109. The van der Waals surface area contributed by atoms with Crippen molar-refractivity contribution in [2.75, 3.05) is 0 Å². The average Bonchev–Trinajstić information content (AvgIpc) is 1.61. The predicted octanol–water partition coefficient (Wildman–Crippen LogP) is 1.34. The molecule has 0 unspecified atom stereocenters. The predicted molar refractivity (Wildman–Crippen MR) is 26.1 cm³/mol. The number of alkyl halides is 3. The van der Waals surface area contributed by atoms with Crippen LogP contribution in [0.25, 0.3) is 0 Å². The maximum Gasteiger partial charge on any atom is 0.504 e. The van der Waals surface area contributed by atoms with Crippen LogP contribution in [0.4, 0.5) is 13.2 Å². The Hall–Kier alpha value is -0.470. The largest absolute Gasteiger partial charge is 0.504 e. The second-order valence-corrected chi connectivity index (χ2v) is 2.78. The molecule has 4 nitrogen and oxygen atoms in total. The summed E-state index contributed by atoms with van der Waals surface area (Å²) in [5.41, 5.74) is -5.31. The van der Waals surface area contributed by atoms with Crippen LogP contribution in [0.1, 0.15) is 0 Å².